The van der Waals surface area contributed by atoms with Crippen molar-refractivity contribution in [1.82, 2.24) is 4.78 Å². The molecule has 0 radical (unpaired) electrons. The molecule has 2 nitrogen and oxygen atoms in total. The zero-order valence-corrected chi connectivity index (χ0v) is 11.1. The van der Waals surface area contributed by atoms with Gasteiger partial charge in [-0.2, -0.15) is 5.10 Å². The summed E-state index contributed by atoms with van der Waals surface area (Å²) < 4.78 is 1.99. The fraction of sp³-hybridized carbons (Fsp3) is 0.300. The van der Waals surface area contributed by atoms with Crippen molar-refractivity contribution in [2.45, 2.75) is 19.9 Å². The first-order chi connectivity index (χ1) is 7.18. The normalized spacial score (nSPS) is 20.9. The number of hydrogen-bond donors (Lipinski definition) is 0. The Morgan fingerprint density at radius 2 is 2.00 bits per heavy atom. The monoisotopic (exact) mass is 258 g/mol. The van der Waals surface area contributed by atoms with Crippen LogP contribution in [0.25, 0.3) is 0 Å². The third kappa shape index (κ3) is 2.47. The van der Waals surface area contributed by atoms with Gasteiger partial charge in [0, 0.05) is 11.6 Å². The molecule has 80 valence electrons. The molecule has 0 amide bonds. The van der Waals surface area contributed by atoms with Crippen molar-refractivity contribution in [1.29, 1.82) is 0 Å². The van der Waals surface area contributed by atoms with E-state index in [1.165, 1.54) is 0 Å². The van der Waals surface area contributed by atoms with Crippen molar-refractivity contribution >= 4 is 34.3 Å². The molecule has 1 heterocycles. The molecule has 0 saturated carbocycles. The Labute approximate surface area is 100 Å². The van der Waals surface area contributed by atoms with Gasteiger partial charge in [-0.25, -0.2) is 4.78 Å². The smallest absolute Gasteiger partial charge is 0.174 e. The first-order valence-electron chi connectivity index (χ1n) is 4.75. The molecule has 2 rings (SSSR count). The molecule has 1 aromatic carbocycles. The van der Waals surface area contributed by atoms with Crippen molar-refractivity contribution in [3.05, 3.63) is 35.9 Å². The topological polar surface area (TPSA) is 15.6 Å². The molecule has 0 bridgehead atoms. The molecule has 1 aliphatic heterocycles. The van der Waals surface area contributed by atoms with E-state index >= 15 is 0 Å². The summed E-state index contributed by atoms with van der Waals surface area (Å²) in [7, 11) is 0. The summed E-state index contributed by atoms with van der Waals surface area (Å²) in [5.74, 6) is 0. The van der Waals surface area contributed by atoms with E-state index in [0.29, 0.717) is 6.04 Å². The van der Waals surface area contributed by atoms with Crippen LogP contribution in [0.15, 0.2) is 35.4 Å². The van der Waals surface area contributed by atoms with E-state index in [0.717, 1.165) is 10.6 Å². The number of hydrazone groups is 1. The minimum Gasteiger partial charge on any atom is -0.248 e. The maximum atomic E-state index is 6.26. The number of hydrogen-bond acceptors (Lipinski definition) is 3. The van der Waals surface area contributed by atoms with Crippen molar-refractivity contribution in [3.8, 4) is 0 Å². The van der Waals surface area contributed by atoms with Crippen molar-refractivity contribution in [2.75, 3.05) is 0 Å². The quantitative estimate of drug-likeness (QED) is 0.736. The second-order valence-corrected chi connectivity index (χ2v) is 8.08. The summed E-state index contributed by atoms with van der Waals surface area (Å²) in [6.07, 6.45) is 0. The van der Waals surface area contributed by atoms with Gasteiger partial charge >= 0.3 is 0 Å². The Balaban J connectivity index is 2.23. The third-order valence-electron chi connectivity index (χ3n) is 2.00. The first-order valence-corrected chi connectivity index (χ1v) is 8.37. The second kappa shape index (κ2) is 4.73. The molecule has 5 heteroatoms. The lowest BCUT2D eigenvalue weighted by molar-refractivity contribution is 0.416. The zero-order valence-electron chi connectivity index (χ0n) is 8.59. The van der Waals surface area contributed by atoms with E-state index in [2.05, 4.69) is 31.1 Å². The summed E-state index contributed by atoms with van der Waals surface area (Å²) >= 11 is 7.92. The molecule has 1 aromatic rings. The fourth-order valence-corrected chi connectivity index (χ4v) is 5.42. The summed E-state index contributed by atoms with van der Waals surface area (Å²) in [6, 6.07) is 10.5. The second-order valence-electron chi connectivity index (χ2n) is 3.50. The molecule has 0 saturated heterocycles. The molecule has 1 atom stereocenters. The van der Waals surface area contributed by atoms with Gasteiger partial charge in [-0.3, -0.25) is 0 Å². The minimum atomic E-state index is -0.712. The number of nitrogens with zero attached hydrogens (tertiary/aromatic N) is 2. The first kappa shape index (κ1) is 11.3. The minimum absolute atomic E-state index is 0.363. The predicted molar refractivity (Wildman–Crippen MR) is 70.3 cm³/mol. The largest absolute Gasteiger partial charge is 0.248 e. The molecule has 0 fully saturated rings. The Morgan fingerprint density at radius 3 is 2.53 bits per heavy atom. The highest BCUT2D eigenvalue weighted by atomic mass is 35.7. The zero-order chi connectivity index (χ0) is 10.8. The molecule has 15 heavy (non-hydrogen) atoms. The lowest BCUT2D eigenvalue weighted by atomic mass is 10.2. The maximum absolute atomic E-state index is 6.26. The molecular weight excluding hydrogens is 247 g/mol. The van der Waals surface area contributed by atoms with Crippen LogP contribution in [0.5, 0.6) is 0 Å². The number of rotatable bonds is 2. The van der Waals surface area contributed by atoms with Gasteiger partial charge in [0.2, 0.25) is 0 Å². The predicted octanol–water partition coefficient (Wildman–Crippen LogP) is 4.27. The Kier molecular flexibility index (Phi) is 3.55. The van der Waals surface area contributed by atoms with Crippen LogP contribution in [0.2, 0.25) is 0 Å². The van der Waals surface area contributed by atoms with E-state index in [1.54, 1.807) is 11.4 Å². The Hall–Kier alpha value is -0.240. The highest BCUT2D eigenvalue weighted by molar-refractivity contribution is 8.69. The lowest BCUT2D eigenvalue weighted by Crippen LogP contribution is -2.15. The summed E-state index contributed by atoms with van der Waals surface area (Å²) in [5, 5.41) is 5.58. The molecule has 0 N–H and O–H groups in total. The van der Waals surface area contributed by atoms with Crippen LogP contribution in [0.3, 0.4) is 0 Å². The van der Waals surface area contributed by atoms with Gasteiger partial charge in [-0.05, 0) is 25.2 Å². The van der Waals surface area contributed by atoms with Gasteiger partial charge in [-0.15, -0.1) is 0 Å². The van der Waals surface area contributed by atoms with Crippen molar-refractivity contribution in [2.24, 2.45) is 5.10 Å². The maximum Gasteiger partial charge on any atom is 0.174 e. The van der Waals surface area contributed by atoms with Gasteiger partial charge in [0.15, 0.2) is 6.63 Å². The van der Waals surface area contributed by atoms with Crippen molar-refractivity contribution < 1.29 is 0 Å². The van der Waals surface area contributed by atoms with E-state index in [1.807, 2.05) is 23.0 Å². The Bertz CT molecular complexity index is 369. The fourth-order valence-electron chi connectivity index (χ4n) is 1.25. The average molecular weight is 259 g/mol. The molecule has 0 aromatic heterocycles. The van der Waals surface area contributed by atoms with Crippen LogP contribution < -0.4 is 0 Å². The van der Waals surface area contributed by atoms with Crippen LogP contribution >= 0.6 is 29.2 Å². The molecule has 0 spiro atoms. The van der Waals surface area contributed by atoms with Gasteiger partial charge in [-0.1, -0.05) is 41.6 Å². The van der Waals surface area contributed by atoms with Crippen LogP contribution in [-0.2, 0) is 0 Å². The average Bonchev–Trinajstić information content (AvgIpc) is 2.62. The Morgan fingerprint density at radius 1 is 1.33 bits per heavy atom. The van der Waals surface area contributed by atoms with Gasteiger partial charge in [0.05, 0.1) is 0 Å². The van der Waals surface area contributed by atoms with Gasteiger partial charge in [0.25, 0.3) is 0 Å². The highest BCUT2D eigenvalue weighted by Crippen LogP contribution is 2.63. The van der Waals surface area contributed by atoms with Crippen LogP contribution in [0.1, 0.15) is 19.4 Å². The van der Waals surface area contributed by atoms with Crippen LogP contribution in [-0.4, -0.2) is 15.9 Å². The van der Waals surface area contributed by atoms with E-state index in [4.69, 9.17) is 11.2 Å². The summed E-state index contributed by atoms with van der Waals surface area (Å²) in [6.45, 7) is 3.50. The third-order valence-corrected chi connectivity index (χ3v) is 6.07. The SMILES string of the molecule is CC(C)N1N=C(c2ccccc2)SP1Cl. The van der Waals surface area contributed by atoms with Crippen LogP contribution in [0, 0.1) is 0 Å². The lowest BCUT2D eigenvalue weighted by Gasteiger charge is -2.19. The molecule has 1 aliphatic rings. The molecule has 1 unspecified atom stereocenters. The van der Waals surface area contributed by atoms with Gasteiger partial charge < -0.3 is 0 Å². The van der Waals surface area contributed by atoms with E-state index in [9.17, 15) is 0 Å². The number of benzene rings is 1. The standard InChI is InChI=1S/C10H12ClN2PS/c1-8(2)13-12-10(15-14(13)11)9-6-4-3-5-7-9/h3-8H,1-2H3. The number of halogens is 1. The highest BCUT2D eigenvalue weighted by Gasteiger charge is 2.28. The summed E-state index contributed by atoms with van der Waals surface area (Å²) in [5.41, 5.74) is 1.15. The van der Waals surface area contributed by atoms with Gasteiger partial charge in [0.1, 0.15) is 5.04 Å². The summed E-state index contributed by atoms with van der Waals surface area (Å²) in [4.78, 5) is 0. The van der Waals surface area contributed by atoms with E-state index < -0.39 is 6.63 Å². The molecular formula is C10H12ClN2PS. The van der Waals surface area contributed by atoms with Crippen LogP contribution in [0.4, 0.5) is 0 Å². The molecule has 0 aliphatic carbocycles. The van der Waals surface area contributed by atoms with E-state index in [-0.39, 0.29) is 0 Å². The van der Waals surface area contributed by atoms with Crippen molar-refractivity contribution in [3.63, 3.8) is 0 Å².